The molecule has 0 bridgehead atoms. The van der Waals surface area contributed by atoms with Gasteiger partial charge in [0.25, 0.3) is 5.56 Å². The molecule has 0 aliphatic heterocycles. The number of ether oxygens (including phenoxy) is 1. The summed E-state index contributed by atoms with van der Waals surface area (Å²) < 4.78 is 37.7. The van der Waals surface area contributed by atoms with Crippen LogP contribution < -0.4 is 15.6 Å². The summed E-state index contributed by atoms with van der Waals surface area (Å²) in [6.07, 6.45) is 4.81. The van der Waals surface area contributed by atoms with E-state index in [1.165, 1.54) is 41.0 Å². The Morgan fingerprint density at radius 1 is 1.00 bits per heavy atom. The van der Waals surface area contributed by atoms with Crippen molar-refractivity contribution in [1.29, 1.82) is 0 Å². The van der Waals surface area contributed by atoms with Crippen molar-refractivity contribution in [3.8, 4) is 28.3 Å². The number of hydrogen-bond acceptors (Lipinski definition) is 5. The fraction of sp³-hybridized carbons (Fsp3) is 0.0968. The molecule has 11 heteroatoms. The van der Waals surface area contributed by atoms with Gasteiger partial charge in [0, 0.05) is 58.5 Å². The SMILES string of the molecule is Cc1ccc(CC(=O)Nc2ccc(Oc3cc4cnn(C)c4cc3-c3cn[nH]c3)c(F)c2)c(=O)n1-c1ccc(F)cc1. The average molecular weight is 567 g/mol. The number of halogens is 2. The van der Waals surface area contributed by atoms with Crippen LogP contribution in [0.2, 0.25) is 0 Å². The molecule has 0 unspecified atom stereocenters. The number of hydrogen-bond donors (Lipinski definition) is 2. The highest BCUT2D eigenvalue weighted by molar-refractivity contribution is 5.92. The number of carbonyl (C=O) groups is 1. The van der Waals surface area contributed by atoms with Crippen LogP contribution >= 0.6 is 0 Å². The maximum atomic E-state index is 15.2. The lowest BCUT2D eigenvalue weighted by Gasteiger charge is -2.14. The van der Waals surface area contributed by atoms with Crippen LogP contribution in [0.5, 0.6) is 11.5 Å². The van der Waals surface area contributed by atoms with Gasteiger partial charge < -0.3 is 10.1 Å². The number of nitrogens with one attached hydrogen (secondary N) is 2. The van der Waals surface area contributed by atoms with Gasteiger partial charge in [-0.15, -0.1) is 0 Å². The van der Waals surface area contributed by atoms with E-state index in [2.05, 4.69) is 20.6 Å². The Morgan fingerprint density at radius 3 is 2.55 bits per heavy atom. The minimum atomic E-state index is -0.689. The van der Waals surface area contributed by atoms with Crippen LogP contribution in [-0.4, -0.2) is 30.5 Å². The highest BCUT2D eigenvalue weighted by atomic mass is 19.1. The molecule has 1 amide bonds. The fourth-order valence-electron chi connectivity index (χ4n) is 4.76. The molecule has 3 aromatic heterocycles. The molecule has 3 aromatic carbocycles. The number of aromatic nitrogens is 5. The first-order chi connectivity index (χ1) is 20.3. The van der Waals surface area contributed by atoms with Crippen LogP contribution in [0.3, 0.4) is 0 Å². The van der Waals surface area contributed by atoms with Crippen LogP contribution in [0.15, 0.2) is 90.1 Å². The Morgan fingerprint density at radius 2 is 1.81 bits per heavy atom. The Labute approximate surface area is 238 Å². The summed E-state index contributed by atoms with van der Waals surface area (Å²) >= 11 is 0. The lowest BCUT2D eigenvalue weighted by molar-refractivity contribution is -0.115. The Kier molecular flexibility index (Phi) is 6.83. The van der Waals surface area contributed by atoms with Crippen LogP contribution in [0.4, 0.5) is 14.5 Å². The van der Waals surface area contributed by atoms with Gasteiger partial charge in [-0.3, -0.25) is 23.9 Å². The van der Waals surface area contributed by atoms with E-state index in [1.807, 2.05) is 13.1 Å². The summed E-state index contributed by atoms with van der Waals surface area (Å²) in [5.41, 5.74) is 3.48. The zero-order valence-corrected chi connectivity index (χ0v) is 22.6. The molecule has 0 saturated carbocycles. The maximum Gasteiger partial charge on any atom is 0.259 e. The van der Waals surface area contributed by atoms with Gasteiger partial charge in [0.1, 0.15) is 11.6 Å². The number of amides is 1. The summed E-state index contributed by atoms with van der Waals surface area (Å²) in [5.74, 6) is -1.24. The number of carbonyl (C=O) groups excluding carboxylic acids is 1. The molecule has 9 nitrogen and oxygen atoms in total. The van der Waals surface area contributed by atoms with Crippen molar-refractivity contribution in [2.24, 2.45) is 7.05 Å². The van der Waals surface area contributed by atoms with Gasteiger partial charge in [0.15, 0.2) is 11.6 Å². The van der Waals surface area contributed by atoms with Crippen LogP contribution in [0.1, 0.15) is 11.3 Å². The lowest BCUT2D eigenvalue weighted by atomic mass is 10.1. The van der Waals surface area contributed by atoms with Gasteiger partial charge in [-0.1, -0.05) is 6.07 Å². The van der Waals surface area contributed by atoms with E-state index < -0.39 is 23.1 Å². The molecule has 42 heavy (non-hydrogen) atoms. The van der Waals surface area contributed by atoms with Crippen molar-refractivity contribution in [3.05, 3.63) is 119 Å². The maximum absolute atomic E-state index is 15.2. The van der Waals surface area contributed by atoms with Crippen molar-refractivity contribution in [3.63, 3.8) is 0 Å². The third-order valence-corrected chi connectivity index (χ3v) is 6.88. The second-order valence-corrected chi connectivity index (χ2v) is 9.75. The minimum Gasteiger partial charge on any atom is -0.454 e. The number of aromatic amines is 1. The zero-order valence-electron chi connectivity index (χ0n) is 22.6. The van der Waals surface area contributed by atoms with Crippen molar-refractivity contribution < 1.29 is 18.3 Å². The number of anilines is 1. The molecule has 0 radical (unpaired) electrons. The largest absolute Gasteiger partial charge is 0.454 e. The first-order valence-corrected chi connectivity index (χ1v) is 13.0. The van der Waals surface area contributed by atoms with E-state index in [0.717, 1.165) is 22.5 Å². The van der Waals surface area contributed by atoms with Crippen LogP contribution in [0, 0.1) is 18.6 Å². The van der Waals surface area contributed by atoms with Gasteiger partial charge >= 0.3 is 0 Å². The molecule has 6 aromatic rings. The van der Waals surface area contributed by atoms with E-state index >= 15 is 4.39 Å². The van der Waals surface area contributed by atoms with Gasteiger partial charge in [-0.25, -0.2) is 8.78 Å². The molecule has 6 rings (SSSR count). The molecular formula is C31H24F2N6O3. The van der Waals surface area contributed by atoms with Gasteiger partial charge in [-0.05, 0) is 61.5 Å². The van der Waals surface area contributed by atoms with Crippen molar-refractivity contribution >= 4 is 22.5 Å². The molecule has 0 saturated heterocycles. The van der Waals surface area contributed by atoms with E-state index in [-0.39, 0.29) is 23.4 Å². The van der Waals surface area contributed by atoms with Crippen molar-refractivity contribution in [2.75, 3.05) is 5.32 Å². The van der Waals surface area contributed by atoms with Crippen LogP contribution in [0.25, 0.3) is 27.7 Å². The average Bonchev–Trinajstić information content (AvgIpc) is 3.63. The van der Waals surface area contributed by atoms with Crippen molar-refractivity contribution in [2.45, 2.75) is 13.3 Å². The summed E-state index contributed by atoms with van der Waals surface area (Å²) in [7, 11) is 1.83. The third-order valence-electron chi connectivity index (χ3n) is 6.88. The van der Waals surface area contributed by atoms with Gasteiger partial charge in [0.2, 0.25) is 5.91 Å². The molecular weight excluding hydrogens is 542 g/mol. The Hall–Kier alpha value is -5.58. The molecule has 0 aliphatic carbocycles. The third kappa shape index (κ3) is 5.15. The summed E-state index contributed by atoms with van der Waals surface area (Å²) in [6.45, 7) is 1.74. The second kappa shape index (κ2) is 10.8. The molecule has 2 N–H and O–H groups in total. The smallest absolute Gasteiger partial charge is 0.259 e. The molecule has 0 aliphatic rings. The molecule has 3 heterocycles. The predicted molar refractivity (Wildman–Crippen MR) is 154 cm³/mol. The second-order valence-electron chi connectivity index (χ2n) is 9.75. The quantitative estimate of drug-likeness (QED) is 0.259. The molecule has 0 atom stereocenters. The Balaban J connectivity index is 1.21. The number of nitrogens with zero attached hydrogens (tertiary/aromatic N) is 4. The topological polar surface area (TPSA) is 107 Å². The van der Waals surface area contributed by atoms with Gasteiger partial charge in [0.05, 0.1) is 24.3 Å². The number of rotatable bonds is 7. The van der Waals surface area contributed by atoms with Gasteiger partial charge in [-0.2, -0.15) is 10.2 Å². The fourth-order valence-corrected chi connectivity index (χ4v) is 4.76. The van der Waals surface area contributed by atoms with E-state index in [0.29, 0.717) is 22.7 Å². The highest BCUT2D eigenvalue weighted by Gasteiger charge is 2.17. The zero-order chi connectivity index (χ0) is 29.4. The van der Waals surface area contributed by atoms with E-state index in [9.17, 15) is 14.0 Å². The summed E-state index contributed by atoms with van der Waals surface area (Å²) in [5, 5.41) is 14.5. The lowest BCUT2D eigenvalue weighted by Crippen LogP contribution is -2.27. The number of H-pyrrole nitrogens is 1. The summed E-state index contributed by atoms with van der Waals surface area (Å²) in [4.78, 5) is 26.0. The number of fused-ring (bicyclic) bond motifs is 1. The molecule has 0 fully saturated rings. The standard InChI is InChI=1S/C31H24F2N6O3/c1-18-3-4-19(31(41)39(18)24-8-5-22(32)6-9-24)12-30(40)37-23-7-10-28(26(33)13-23)42-29-11-20-17-36-38(2)27(20)14-25(29)21-15-34-35-16-21/h3-11,13-17H,12H2,1-2H3,(H,34,35)(H,37,40). The Bertz CT molecular complexity index is 2000. The number of aryl methyl sites for hydroxylation is 2. The molecule has 210 valence electrons. The monoisotopic (exact) mass is 566 g/mol. The summed E-state index contributed by atoms with van der Waals surface area (Å²) in [6, 6.07) is 16.6. The first kappa shape index (κ1) is 26.6. The molecule has 0 spiro atoms. The van der Waals surface area contributed by atoms with Crippen LogP contribution in [-0.2, 0) is 18.3 Å². The van der Waals surface area contributed by atoms with E-state index in [4.69, 9.17) is 4.74 Å². The van der Waals surface area contributed by atoms with Crippen molar-refractivity contribution in [1.82, 2.24) is 24.5 Å². The highest BCUT2D eigenvalue weighted by Crippen LogP contribution is 2.37. The van der Waals surface area contributed by atoms with E-state index in [1.54, 1.807) is 48.4 Å². The number of pyridine rings is 1. The number of benzene rings is 3. The minimum absolute atomic E-state index is 0.0401. The predicted octanol–water partition coefficient (Wildman–Crippen LogP) is 5.67. The normalized spacial score (nSPS) is 11.1. The first-order valence-electron chi connectivity index (χ1n) is 13.0.